The van der Waals surface area contributed by atoms with E-state index >= 15 is 0 Å². The Morgan fingerprint density at radius 1 is 1.32 bits per heavy atom. The molecule has 1 aromatic rings. The summed E-state index contributed by atoms with van der Waals surface area (Å²) in [7, 11) is 0. The molecule has 0 radical (unpaired) electrons. The van der Waals surface area contributed by atoms with Crippen molar-refractivity contribution in [2.24, 2.45) is 11.3 Å². The van der Waals surface area contributed by atoms with Crippen LogP contribution in [0.3, 0.4) is 0 Å². The quantitative estimate of drug-likeness (QED) is 0.784. The average molecular weight is 286 g/mol. The fourth-order valence-corrected chi connectivity index (χ4v) is 2.22. The first-order valence-electron chi connectivity index (χ1n) is 6.94. The summed E-state index contributed by atoms with van der Waals surface area (Å²) in [5.74, 6) is 0.270. The van der Waals surface area contributed by atoms with Crippen LogP contribution < -0.4 is 5.32 Å². The number of hydrogen-bond donors (Lipinski definition) is 1. The van der Waals surface area contributed by atoms with Crippen LogP contribution in [0.5, 0.6) is 0 Å². The second kappa shape index (κ2) is 6.71. The van der Waals surface area contributed by atoms with Gasteiger partial charge in [0.25, 0.3) is 0 Å². The van der Waals surface area contributed by atoms with Gasteiger partial charge in [-0.2, -0.15) is 0 Å². The highest BCUT2D eigenvalue weighted by atomic mass is 35.5. The van der Waals surface area contributed by atoms with Crippen LogP contribution in [0.4, 0.5) is 4.39 Å². The van der Waals surface area contributed by atoms with Crippen LogP contribution in [0, 0.1) is 17.2 Å². The standard InChI is InChI=1S/C16H25ClFN/c1-6-19-15(9-11(2)16(3,4)5)13-8-7-12(17)10-14(13)18/h7-8,10-11,15,19H,6,9H2,1-5H3. The van der Waals surface area contributed by atoms with Crippen LogP contribution in [0.15, 0.2) is 18.2 Å². The summed E-state index contributed by atoms with van der Waals surface area (Å²) >= 11 is 5.82. The third-order valence-electron chi connectivity index (χ3n) is 3.86. The van der Waals surface area contributed by atoms with Crippen LogP contribution in [-0.2, 0) is 0 Å². The second-order valence-corrected chi connectivity index (χ2v) is 6.72. The molecular weight excluding hydrogens is 261 g/mol. The first-order chi connectivity index (χ1) is 8.75. The minimum atomic E-state index is -0.223. The van der Waals surface area contributed by atoms with Crippen LogP contribution in [0.25, 0.3) is 0 Å². The summed E-state index contributed by atoms with van der Waals surface area (Å²) in [4.78, 5) is 0. The van der Waals surface area contributed by atoms with Gasteiger partial charge in [0.1, 0.15) is 5.82 Å². The van der Waals surface area contributed by atoms with Crippen molar-refractivity contribution in [3.05, 3.63) is 34.6 Å². The smallest absolute Gasteiger partial charge is 0.129 e. The monoisotopic (exact) mass is 285 g/mol. The number of rotatable bonds is 5. The van der Waals surface area contributed by atoms with E-state index in [4.69, 9.17) is 11.6 Å². The molecule has 3 heteroatoms. The van der Waals surface area contributed by atoms with Crippen LogP contribution >= 0.6 is 11.6 Å². The van der Waals surface area contributed by atoms with Crippen molar-refractivity contribution < 1.29 is 4.39 Å². The maximum Gasteiger partial charge on any atom is 0.129 e. The lowest BCUT2D eigenvalue weighted by Crippen LogP contribution is -2.28. The zero-order valence-corrected chi connectivity index (χ0v) is 13.3. The Hall–Kier alpha value is -0.600. The SMILES string of the molecule is CCNC(CC(C)C(C)(C)C)c1ccc(Cl)cc1F. The van der Waals surface area contributed by atoms with Crippen molar-refractivity contribution in [3.63, 3.8) is 0 Å². The predicted octanol–water partition coefficient (Wildman–Crippen LogP) is 5.20. The van der Waals surface area contributed by atoms with Gasteiger partial charge in [-0.15, -0.1) is 0 Å². The van der Waals surface area contributed by atoms with Crippen LogP contribution in [-0.4, -0.2) is 6.54 Å². The molecule has 1 nitrogen and oxygen atoms in total. The Bertz CT molecular complexity index is 412. The van der Waals surface area contributed by atoms with Gasteiger partial charge >= 0.3 is 0 Å². The van der Waals surface area contributed by atoms with Gasteiger partial charge in [0, 0.05) is 16.6 Å². The first-order valence-corrected chi connectivity index (χ1v) is 7.31. The van der Waals surface area contributed by atoms with E-state index < -0.39 is 0 Å². The maximum absolute atomic E-state index is 14.0. The molecule has 0 heterocycles. The Morgan fingerprint density at radius 3 is 2.42 bits per heavy atom. The van der Waals surface area contributed by atoms with E-state index in [0.29, 0.717) is 16.5 Å². The van der Waals surface area contributed by atoms with Crippen molar-refractivity contribution in [2.75, 3.05) is 6.54 Å². The van der Waals surface area contributed by atoms with Crippen molar-refractivity contribution in [3.8, 4) is 0 Å². The lowest BCUT2D eigenvalue weighted by Gasteiger charge is -2.31. The molecule has 0 aliphatic heterocycles. The topological polar surface area (TPSA) is 12.0 Å². The molecule has 0 spiro atoms. The van der Waals surface area contributed by atoms with Crippen molar-refractivity contribution in [1.82, 2.24) is 5.32 Å². The Balaban J connectivity index is 2.94. The van der Waals surface area contributed by atoms with Crippen molar-refractivity contribution >= 4 is 11.6 Å². The fourth-order valence-electron chi connectivity index (χ4n) is 2.06. The zero-order valence-electron chi connectivity index (χ0n) is 12.6. The molecule has 19 heavy (non-hydrogen) atoms. The van der Waals surface area contributed by atoms with Gasteiger partial charge in [-0.05, 0) is 36.4 Å². The minimum Gasteiger partial charge on any atom is -0.310 e. The molecule has 0 saturated heterocycles. The number of hydrogen-bond acceptors (Lipinski definition) is 1. The molecule has 0 aliphatic carbocycles. The van der Waals surface area contributed by atoms with Gasteiger partial charge in [0.05, 0.1) is 0 Å². The molecule has 0 fully saturated rings. The number of halogens is 2. The summed E-state index contributed by atoms with van der Waals surface area (Å²) in [5, 5.41) is 3.82. The molecule has 0 bridgehead atoms. The lowest BCUT2D eigenvalue weighted by molar-refractivity contribution is 0.222. The Morgan fingerprint density at radius 2 is 1.95 bits per heavy atom. The predicted molar refractivity (Wildman–Crippen MR) is 81.1 cm³/mol. The summed E-state index contributed by atoms with van der Waals surface area (Å²) in [5.41, 5.74) is 0.929. The van der Waals surface area contributed by atoms with Crippen LogP contribution in [0.1, 0.15) is 52.6 Å². The van der Waals surface area contributed by atoms with E-state index in [1.807, 2.05) is 6.92 Å². The molecule has 0 aliphatic rings. The van der Waals surface area contributed by atoms with Crippen molar-refractivity contribution in [2.45, 2.75) is 47.1 Å². The highest BCUT2D eigenvalue weighted by Gasteiger charge is 2.25. The highest BCUT2D eigenvalue weighted by Crippen LogP contribution is 2.34. The van der Waals surface area contributed by atoms with Gasteiger partial charge < -0.3 is 5.32 Å². The van der Waals surface area contributed by atoms with E-state index in [-0.39, 0.29) is 17.3 Å². The van der Waals surface area contributed by atoms with Gasteiger partial charge in [-0.1, -0.05) is 52.3 Å². The van der Waals surface area contributed by atoms with Gasteiger partial charge in [-0.25, -0.2) is 4.39 Å². The third-order valence-corrected chi connectivity index (χ3v) is 4.09. The van der Waals surface area contributed by atoms with E-state index in [2.05, 4.69) is 33.0 Å². The second-order valence-electron chi connectivity index (χ2n) is 6.28. The molecule has 2 unspecified atom stereocenters. The number of nitrogens with one attached hydrogen (secondary N) is 1. The van der Waals surface area contributed by atoms with Gasteiger partial charge in [0.15, 0.2) is 0 Å². The van der Waals surface area contributed by atoms with Gasteiger partial charge in [-0.3, -0.25) is 0 Å². The molecular formula is C16H25ClFN. The largest absolute Gasteiger partial charge is 0.310 e. The molecule has 1 aromatic carbocycles. The molecule has 0 amide bonds. The fraction of sp³-hybridized carbons (Fsp3) is 0.625. The molecule has 0 saturated carbocycles. The van der Waals surface area contributed by atoms with Gasteiger partial charge in [0.2, 0.25) is 0 Å². The molecule has 1 N–H and O–H groups in total. The van der Waals surface area contributed by atoms with E-state index in [0.717, 1.165) is 13.0 Å². The van der Waals surface area contributed by atoms with Crippen LogP contribution in [0.2, 0.25) is 5.02 Å². The zero-order chi connectivity index (χ0) is 14.6. The third kappa shape index (κ3) is 4.77. The Labute approximate surface area is 121 Å². The Kier molecular flexibility index (Phi) is 5.82. The summed E-state index contributed by atoms with van der Waals surface area (Å²) < 4.78 is 14.0. The average Bonchev–Trinajstić information content (AvgIpc) is 2.27. The lowest BCUT2D eigenvalue weighted by atomic mass is 9.77. The highest BCUT2D eigenvalue weighted by molar-refractivity contribution is 6.30. The molecule has 0 aromatic heterocycles. The summed E-state index contributed by atoms with van der Waals surface area (Å²) in [6.45, 7) is 11.8. The first kappa shape index (κ1) is 16.5. The summed E-state index contributed by atoms with van der Waals surface area (Å²) in [6, 6.07) is 4.98. The van der Waals surface area contributed by atoms with E-state index in [1.165, 1.54) is 6.07 Å². The molecule has 2 atom stereocenters. The van der Waals surface area contributed by atoms with E-state index in [1.54, 1.807) is 12.1 Å². The molecule has 108 valence electrons. The van der Waals surface area contributed by atoms with Crippen molar-refractivity contribution in [1.29, 1.82) is 0 Å². The van der Waals surface area contributed by atoms with E-state index in [9.17, 15) is 4.39 Å². The maximum atomic E-state index is 14.0. The molecule has 1 rings (SSSR count). The number of benzene rings is 1. The normalized spacial score (nSPS) is 15.3. The minimum absolute atomic E-state index is 0.0384. The summed E-state index contributed by atoms with van der Waals surface area (Å²) in [6.07, 6.45) is 0.913.